The molecule has 9 nitrogen and oxygen atoms in total. The number of para-hydroxylation sites is 4. The Morgan fingerprint density at radius 1 is 1.21 bits per heavy atom. The second kappa shape index (κ2) is 6.16. The molecule has 24 heavy (non-hydrogen) atoms. The average molecular weight is 324 g/mol. The molecule has 0 aliphatic rings. The van der Waals surface area contributed by atoms with Gasteiger partial charge in [0, 0.05) is 6.07 Å². The number of carbonyl (C=O) groups is 1. The van der Waals surface area contributed by atoms with Crippen LogP contribution in [0.3, 0.4) is 0 Å². The number of aromatic amines is 1. The van der Waals surface area contributed by atoms with E-state index in [1.807, 2.05) is 6.07 Å². The fourth-order valence-corrected chi connectivity index (χ4v) is 2.13. The first-order valence-electron chi connectivity index (χ1n) is 6.88. The van der Waals surface area contributed by atoms with Gasteiger partial charge >= 0.3 is 0 Å². The smallest absolute Gasteiger partial charge is 0.294 e. The second-order valence-electron chi connectivity index (χ2n) is 4.81. The minimum atomic E-state index is -0.819. The summed E-state index contributed by atoms with van der Waals surface area (Å²) in [5, 5.41) is 14.9. The summed E-state index contributed by atoms with van der Waals surface area (Å²) in [6.07, 6.45) is 0. The van der Waals surface area contributed by atoms with E-state index in [0.29, 0.717) is 11.0 Å². The van der Waals surface area contributed by atoms with Crippen LogP contribution in [0.15, 0.2) is 53.6 Å². The van der Waals surface area contributed by atoms with E-state index in [2.05, 4.69) is 20.5 Å². The first-order valence-corrected chi connectivity index (χ1v) is 6.88. The maximum atomic E-state index is 11.7. The van der Waals surface area contributed by atoms with E-state index in [1.54, 1.807) is 24.3 Å². The van der Waals surface area contributed by atoms with Gasteiger partial charge in [0.05, 0.1) is 16.0 Å². The highest BCUT2D eigenvalue weighted by Gasteiger charge is 2.17. The maximum absolute atomic E-state index is 11.7. The predicted octanol–water partition coefficient (Wildman–Crippen LogP) is 1.77. The van der Waals surface area contributed by atoms with Crippen LogP contribution in [0.4, 0.5) is 11.4 Å². The zero-order valence-corrected chi connectivity index (χ0v) is 12.3. The monoisotopic (exact) mass is 324 g/mol. The second-order valence-corrected chi connectivity index (χ2v) is 4.81. The molecule has 0 saturated carbocycles. The van der Waals surface area contributed by atoms with Crippen LogP contribution in [-0.2, 0) is 4.79 Å². The van der Waals surface area contributed by atoms with E-state index >= 15 is 0 Å². The topological polar surface area (TPSA) is 139 Å². The number of amides is 1. The molecule has 0 fully saturated rings. The number of hydrogen-bond donors (Lipinski definition) is 3. The Bertz CT molecular complexity index is 930. The highest BCUT2D eigenvalue weighted by Crippen LogP contribution is 2.23. The number of nitro benzene ring substituents is 1. The molecule has 0 saturated heterocycles. The summed E-state index contributed by atoms with van der Waals surface area (Å²) in [7, 11) is 0. The van der Waals surface area contributed by atoms with E-state index in [-0.39, 0.29) is 22.9 Å². The van der Waals surface area contributed by atoms with Crippen molar-refractivity contribution in [2.45, 2.75) is 0 Å². The number of rotatable bonds is 5. The van der Waals surface area contributed by atoms with Gasteiger partial charge in [-0.15, -0.1) is 0 Å². The van der Waals surface area contributed by atoms with Gasteiger partial charge in [0.1, 0.15) is 5.69 Å². The molecule has 0 radical (unpaired) electrons. The maximum Gasteiger partial charge on any atom is 0.294 e. The molecule has 1 amide bonds. The minimum absolute atomic E-state index is 0.136. The van der Waals surface area contributed by atoms with Crippen molar-refractivity contribution < 1.29 is 9.72 Å². The molecule has 4 N–H and O–H groups in total. The number of carbonyl (C=O) groups excluding carboxylic acids is 1. The number of fused-ring (bicyclic) bond motifs is 1. The van der Waals surface area contributed by atoms with E-state index in [1.165, 1.54) is 18.2 Å². The number of imidazole rings is 1. The summed E-state index contributed by atoms with van der Waals surface area (Å²) < 4.78 is 0. The molecule has 0 aliphatic carbocycles. The Morgan fingerprint density at radius 3 is 2.62 bits per heavy atom. The number of hydrazone groups is 1. The van der Waals surface area contributed by atoms with Crippen molar-refractivity contribution in [3.8, 4) is 0 Å². The van der Waals surface area contributed by atoms with E-state index in [4.69, 9.17) is 5.73 Å². The molecule has 0 bridgehead atoms. The number of benzene rings is 2. The van der Waals surface area contributed by atoms with Gasteiger partial charge in [0.15, 0.2) is 11.5 Å². The Labute approximate surface area is 135 Å². The largest absolute Gasteiger partial charge is 0.364 e. The van der Waals surface area contributed by atoms with Crippen LogP contribution in [0.2, 0.25) is 0 Å². The first-order chi connectivity index (χ1) is 11.6. The van der Waals surface area contributed by atoms with Crippen molar-refractivity contribution in [3.63, 3.8) is 0 Å². The lowest BCUT2D eigenvalue weighted by Crippen LogP contribution is -2.26. The Hall–Kier alpha value is -3.75. The van der Waals surface area contributed by atoms with Gasteiger partial charge < -0.3 is 10.7 Å². The molecule has 2 aromatic carbocycles. The van der Waals surface area contributed by atoms with Crippen LogP contribution >= 0.6 is 0 Å². The highest BCUT2D eigenvalue weighted by molar-refractivity contribution is 6.44. The van der Waals surface area contributed by atoms with Crippen molar-refractivity contribution in [2.75, 3.05) is 5.43 Å². The van der Waals surface area contributed by atoms with Crippen molar-refractivity contribution in [1.82, 2.24) is 9.97 Å². The molecule has 0 spiro atoms. The van der Waals surface area contributed by atoms with Crippen LogP contribution in [0.1, 0.15) is 5.82 Å². The van der Waals surface area contributed by atoms with Crippen molar-refractivity contribution in [2.24, 2.45) is 10.8 Å². The molecule has 0 aliphatic heterocycles. The number of nitro groups is 1. The lowest BCUT2D eigenvalue weighted by Gasteiger charge is -2.03. The molecule has 9 heteroatoms. The first kappa shape index (κ1) is 15.2. The van der Waals surface area contributed by atoms with Gasteiger partial charge in [0.2, 0.25) is 0 Å². The molecule has 0 atom stereocenters. The number of hydrogen-bond acceptors (Lipinski definition) is 6. The number of aromatic nitrogens is 2. The van der Waals surface area contributed by atoms with Crippen LogP contribution in [-0.4, -0.2) is 26.5 Å². The zero-order valence-electron chi connectivity index (χ0n) is 12.3. The molecule has 120 valence electrons. The normalized spacial score (nSPS) is 11.4. The number of nitrogens with zero attached hydrogens (tertiary/aromatic N) is 3. The van der Waals surface area contributed by atoms with Crippen LogP contribution in [0.25, 0.3) is 11.0 Å². The summed E-state index contributed by atoms with van der Waals surface area (Å²) in [6.45, 7) is 0. The number of nitrogens with one attached hydrogen (secondary N) is 2. The van der Waals surface area contributed by atoms with E-state index in [0.717, 1.165) is 0 Å². The Morgan fingerprint density at radius 2 is 1.92 bits per heavy atom. The zero-order chi connectivity index (χ0) is 17.1. The molecular formula is C15H12N6O3. The van der Waals surface area contributed by atoms with Crippen molar-refractivity contribution >= 4 is 34.0 Å². The fourth-order valence-electron chi connectivity index (χ4n) is 2.13. The molecule has 0 unspecified atom stereocenters. The molecule has 3 aromatic rings. The standard InChI is InChI=1S/C15H12N6O3/c16-14(22)13(15-17-9-5-1-2-6-10(9)18-15)20-19-11-7-3-4-8-12(11)21(23)24/h1-8,19H,(H2,16,22)(H,17,18)/b20-13+. The molecule has 1 heterocycles. The Kier molecular flexibility index (Phi) is 3.89. The predicted molar refractivity (Wildman–Crippen MR) is 88.5 cm³/mol. The third kappa shape index (κ3) is 2.90. The quantitative estimate of drug-likeness (QED) is 0.373. The summed E-state index contributed by atoms with van der Waals surface area (Å²) in [4.78, 5) is 29.3. The van der Waals surface area contributed by atoms with Gasteiger partial charge in [-0.1, -0.05) is 24.3 Å². The third-order valence-electron chi connectivity index (χ3n) is 3.24. The van der Waals surface area contributed by atoms with Crippen molar-refractivity contribution in [3.05, 3.63) is 64.5 Å². The lowest BCUT2D eigenvalue weighted by atomic mass is 10.3. The molecular weight excluding hydrogens is 312 g/mol. The van der Waals surface area contributed by atoms with Gasteiger partial charge in [-0.25, -0.2) is 4.98 Å². The van der Waals surface area contributed by atoms with Gasteiger partial charge in [0.25, 0.3) is 11.6 Å². The number of nitrogens with two attached hydrogens (primary N) is 1. The summed E-state index contributed by atoms with van der Waals surface area (Å²) in [5.41, 5.74) is 9.02. The molecule has 1 aromatic heterocycles. The summed E-state index contributed by atoms with van der Waals surface area (Å²) in [5.74, 6) is -0.644. The van der Waals surface area contributed by atoms with Crippen LogP contribution in [0, 0.1) is 10.1 Å². The lowest BCUT2D eigenvalue weighted by molar-refractivity contribution is -0.384. The van der Waals surface area contributed by atoms with Crippen LogP contribution in [0.5, 0.6) is 0 Å². The van der Waals surface area contributed by atoms with Crippen LogP contribution < -0.4 is 11.2 Å². The number of primary amides is 1. The summed E-state index contributed by atoms with van der Waals surface area (Å²) >= 11 is 0. The van der Waals surface area contributed by atoms with E-state index < -0.39 is 10.8 Å². The Balaban J connectivity index is 1.98. The van der Waals surface area contributed by atoms with Gasteiger partial charge in [-0.3, -0.25) is 20.3 Å². The summed E-state index contributed by atoms with van der Waals surface area (Å²) in [6, 6.07) is 13.1. The number of H-pyrrole nitrogens is 1. The third-order valence-corrected chi connectivity index (χ3v) is 3.24. The highest BCUT2D eigenvalue weighted by atomic mass is 16.6. The number of anilines is 1. The SMILES string of the molecule is NC(=O)/C(=N\Nc1ccccc1[N+](=O)[O-])c1nc2ccccc2[nH]1. The average Bonchev–Trinajstić information content (AvgIpc) is 2.98. The van der Waals surface area contributed by atoms with E-state index in [9.17, 15) is 14.9 Å². The minimum Gasteiger partial charge on any atom is -0.364 e. The van der Waals surface area contributed by atoms with Crippen molar-refractivity contribution in [1.29, 1.82) is 0 Å². The molecule has 3 rings (SSSR count). The fraction of sp³-hybridized carbons (Fsp3) is 0. The van der Waals surface area contributed by atoms with Gasteiger partial charge in [-0.05, 0) is 18.2 Å². The van der Waals surface area contributed by atoms with Gasteiger partial charge in [-0.2, -0.15) is 5.10 Å².